The molecule has 0 saturated carbocycles. The Balaban J connectivity index is 1.72. The van der Waals surface area contributed by atoms with Crippen molar-refractivity contribution in [3.8, 4) is 5.69 Å². The van der Waals surface area contributed by atoms with E-state index < -0.39 is 0 Å². The van der Waals surface area contributed by atoms with Crippen LogP contribution in [0.1, 0.15) is 5.56 Å². The number of nitrogens with zero attached hydrogens (tertiary/aromatic N) is 2. The third kappa shape index (κ3) is 3.63. The summed E-state index contributed by atoms with van der Waals surface area (Å²) in [7, 11) is 0. The summed E-state index contributed by atoms with van der Waals surface area (Å²) >= 11 is 6.17. The zero-order valence-electron chi connectivity index (χ0n) is 12.7. The molecule has 0 radical (unpaired) electrons. The third-order valence-corrected chi connectivity index (χ3v) is 3.93. The number of hydrogen-bond donors (Lipinski definition) is 1. The molecule has 3 aromatic rings. The molecule has 3 rings (SSSR count). The van der Waals surface area contributed by atoms with Gasteiger partial charge in [-0.25, -0.2) is 4.39 Å². The topological polar surface area (TPSA) is 46.9 Å². The zero-order valence-corrected chi connectivity index (χ0v) is 13.5. The molecule has 6 heteroatoms. The van der Waals surface area contributed by atoms with Crippen molar-refractivity contribution in [1.82, 2.24) is 9.78 Å². The largest absolute Gasteiger partial charge is 0.382 e. The Labute approximate surface area is 143 Å². The Bertz CT molecular complexity index is 879. The normalized spacial score (nSPS) is 10.6. The van der Waals surface area contributed by atoms with Crippen LogP contribution in [0.4, 0.5) is 10.1 Å². The fourth-order valence-electron chi connectivity index (χ4n) is 2.30. The average molecular weight is 344 g/mol. The van der Waals surface area contributed by atoms with Crippen LogP contribution in [0.15, 0.2) is 65.6 Å². The predicted octanol–water partition coefficient (Wildman–Crippen LogP) is 3.68. The Hall–Kier alpha value is -2.66. The first-order valence-corrected chi connectivity index (χ1v) is 7.84. The van der Waals surface area contributed by atoms with Gasteiger partial charge >= 0.3 is 0 Å². The first kappa shape index (κ1) is 16.2. The summed E-state index contributed by atoms with van der Waals surface area (Å²) in [6, 6.07) is 15.4. The molecule has 1 heterocycles. The molecular formula is C18H15ClFN3O. The minimum absolute atomic E-state index is 0.0907. The van der Waals surface area contributed by atoms with Gasteiger partial charge in [-0.2, -0.15) is 9.78 Å². The highest BCUT2D eigenvalue weighted by molar-refractivity contribution is 6.32. The van der Waals surface area contributed by atoms with E-state index in [4.69, 9.17) is 11.6 Å². The molecule has 1 N–H and O–H groups in total. The van der Waals surface area contributed by atoms with Gasteiger partial charge in [0.05, 0.1) is 17.6 Å². The SMILES string of the molecule is O=c1c(Cl)c(NCCc2ccc(F)cc2)cnn1-c1ccccc1. The minimum atomic E-state index is -0.380. The summed E-state index contributed by atoms with van der Waals surface area (Å²) in [5.41, 5.74) is 1.75. The van der Waals surface area contributed by atoms with Gasteiger partial charge in [0.2, 0.25) is 0 Å². The van der Waals surface area contributed by atoms with E-state index in [9.17, 15) is 9.18 Å². The fourth-order valence-corrected chi connectivity index (χ4v) is 2.50. The first-order valence-electron chi connectivity index (χ1n) is 7.47. The summed E-state index contributed by atoms with van der Waals surface area (Å²) in [6.45, 7) is 0.557. The molecule has 0 aliphatic heterocycles. The second-order valence-corrected chi connectivity index (χ2v) is 5.61. The molecular weight excluding hydrogens is 329 g/mol. The molecule has 0 aliphatic rings. The number of halogens is 2. The third-order valence-electron chi connectivity index (χ3n) is 3.56. The van der Waals surface area contributed by atoms with Crippen molar-refractivity contribution in [2.24, 2.45) is 0 Å². The van der Waals surface area contributed by atoms with Crippen LogP contribution < -0.4 is 10.9 Å². The lowest BCUT2D eigenvalue weighted by molar-refractivity contribution is 0.627. The number of rotatable bonds is 5. The van der Waals surface area contributed by atoms with E-state index in [-0.39, 0.29) is 16.4 Å². The average Bonchev–Trinajstić information content (AvgIpc) is 2.61. The summed E-state index contributed by atoms with van der Waals surface area (Å²) in [5.74, 6) is -0.261. The van der Waals surface area contributed by atoms with Gasteiger partial charge in [-0.3, -0.25) is 4.79 Å². The fraction of sp³-hybridized carbons (Fsp3) is 0.111. The number of para-hydroxylation sites is 1. The number of aromatic nitrogens is 2. The lowest BCUT2D eigenvalue weighted by Gasteiger charge is -2.10. The van der Waals surface area contributed by atoms with Crippen LogP contribution >= 0.6 is 11.6 Å². The maximum atomic E-state index is 12.9. The Morgan fingerprint density at radius 1 is 1.08 bits per heavy atom. The molecule has 4 nitrogen and oxygen atoms in total. The van der Waals surface area contributed by atoms with Gasteiger partial charge in [0.25, 0.3) is 5.56 Å². The van der Waals surface area contributed by atoms with Gasteiger partial charge in [0, 0.05) is 6.54 Å². The molecule has 0 bridgehead atoms. The van der Waals surface area contributed by atoms with Gasteiger partial charge in [-0.15, -0.1) is 0 Å². The van der Waals surface area contributed by atoms with Gasteiger partial charge < -0.3 is 5.32 Å². The van der Waals surface area contributed by atoms with Crippen LogP contribution in [0, 0.1) is 5.82 Å². The molecule has 0 spiro atoms. The lowest BCUT2D eigenvalue weighted by atomic mass is 10.1. The van der Waals surface area contributed by atoms with E-state index in [0.717, 1.165) is 5.56 Å². The van der Waals surface area contributed by atoms with Crippen LogP contribution in [0.3, 0.4) is 0 Å². The summed E-state index contributed by atoms with van der Waals surface area (Å²) in [4.78, 5) is 12.3. The van der Waals surface area contributed by atoms with E-state index in [1.165, 1.54) is 23.0 Å². The molecule has 0 unspecified atom stereocenters. The maximum absolute atomic E-state index is 12.9. The molecule has 1 aromatic heterocycles. The smallest absolute Gasteiger partial charge is 0.292 e. The molecule has 0 amide bonds. The van der Waals surface area contributed by atoms with Gasteiger partial charge in [0.15, 0.2) is 0 Å². The second-order valence-electron chi connectivity index (χ2n) is 5.23. The van der Waals surface area contributed by atoms with E-state index in [1.807, 2.05) is 18.2 Å². The van der Waals surface area contributed by atoms with Crippen molar-refractivity contribution in [2.45, 2.75) is 6.42 Å². The molecule has 24 heavy (non-hydrogen) atoms. The monoisotopic (exact) mass is 343 g/mol. The Morgan fingerprint density at radius 3 is 2.50 bits per heavy atom. The van der Waals surface area contributed by atoms with E-state index >= 15 is 0 Å². The summed E-state index contributed by atoms with van der Waals surface area (Å²) in [6.07, 6.45) is 2.21. The van der Waals surface area contributed by atoms with Crippen molar-refractivity contribution in [3.05, 3.63) is 87.6 Å². The number of anilines is 1. The predicted molar refractivity (Wildman–Crippen MR) is 93.4 cm³/mol. The summed E-state index contributed by atoms with van der Waals surface area (Å²) < 4.78 is 14.1. The molecule has 0 saturated heterocycles. The zero-order chi connectivity index (χ0) is 16.9. The lowest BCUT2D eigenvalue weighted by Crippen LogP contribution is -2.23. The second kappa shape index (κ2) is 7.27. The van der Waals surface area contributed by atoms with Crippen molar-refractivity contribution < 1.29 is 4.39 Å². The quantitative estimate of drug-likeness (QED) is 0.768. The standard InChI is InChI=1S/C18H15ClFN3O/c19-17-16(21-11-10-13-6-8-14(20)9-7-13)12-22-23(18(17)24)15-4-2-1-3-5-15/h1-9,12,21H,10-11H2. The molecule has 0 atom stereocenters. The highest BCUT2D eigenvalue weighted by atomic mass is 35.5. The van der Waals surface area contributed by atoms with Crippen molar-refractivity contribution in [1.29, 1.82) is 0 Å². The van der Waals surface area contributed by atoms with Crippen LogP contribution in [-0.2, 0) is 6.42 Å². The van der Waals surface area contributed by atoms with Gasteiger partial charge in [0.1, 0.15) is 10.8 Å². The first-order chi connectivity index (χ1) is 11.6. The van der Waals surface area contributed by atoms with Gasteiger partial charge in [-0.1, -0.05) is 41.9 Å². The number of hydrogen-bond acceptors (Lipinski definition) is 3. The van der Waals surface area contributed by atoms with Crippen molar-refractivity contribution in [2.75, 3.05) is 11.9 Å². The highest BCUT2D eigenvalue weighted by Gasteiger charge is 2.10. The molecule has 2 aromatic carbocycles. The van der Waals surface area contributed by atoms with Crippen molar-refractivity contribution in [3.63, 3.8) is 0 Å². The van der Waals surface area contributed by atoms with Crippen molar-refractivity contribution >= 4 is 17.3 Å². The summed E-state index contributed by atoms with van der Waals surface area (Å²) in [5, 5.41) is 7.34. The maximum Gasteiger partial charge on any atom is 0.292 e. The van der Waals surface area contributed by atoms with E-state index in [1.54, 1.807) is 24.3 Å². The van der Waals surface area contributed by atoms with Crippen LogP contribution in [0.2, 0.25) is 5.02 Å². The molecule has 122 valence electrons. The molecule has 0 fully saturated rings. The number of nitrogens with one attached hydrogen (secondary N) is 1. The Morgan fingerprint density at radius 2 is 1.79 bits per heavy atom. The molecule has 0 aliphatic carbocycles. The minimum Gasteiger partial charge on any atom is -0.382 e. The van der Waals surface area contributed by atoms with E-state index in [2.05, 4.69) is 10.4 Å². The van der Waals surface area contributed by atoms with Crippen LogP contribution in [0.25, 0.3) is 5.69 Å². The Kier molecular flexibility index (Phi) is 4.91. The number of benzene rings is 2. The van der Waals surface area contributed by atoms with Gasteiger partial charge in [-0.05, 0) is 36.2 Å². The highest BCUT2D eigenvalue weighted by Crippen LogP contribution is 2.16. The van der Waals surface area contributed by atoms with Crippen LogP contribution in [-0.4, -0.2) is 16.3 Å². The van der Waals surface area contributed by atoms with E-state index in [0.29, 0.717) is 24.3 Å². The van der Waals surface area contributed by atoms with Crippen LogP contribution in [0.5, 0.6) is 0 Å².